The number of nitrogens with zero attached hydrogens (tertiary/aromatic N) is 1. The molecule has 0 aliphatic heterocycles. The van der Waals surface area contributed by atoms with Crippen LogP contribution in [0.15, 0.2) is 0 Å². The molecule has 2 radical (unpaired) electrons. The molecule has 0 saturated carbocycles. The number of unbranched alkanes of at least 4 members (excludes halogenated alkanes) is 7. The fourth-order valence-electron chi connectivity index (χ4n) is 2.54. The van der Waals surface area contributed by atoms with Crippen LogP contribution >= 0.6 is 17.0 Å². The molecule has 0 spiro atoms. The zero-order valence-electron chi connectivity index (χ0n) is 14.1. The van der Waals surface area contributed by atoms with Gasteiger partial charge < -0.3 is 0 Å². The van der Waals surface area contributed by atoms with Crippen molar-refractivity contribution in [3.63, 3.8) is 0 Å². The monoisotopic (exact) mass is 345 g/mol. The molecule has 0 unspecified atom stereocenters. The lowest BCUT2D eigenvalue weighted by Crippen LogP contribution is -2.37. The highest BCUT2D eigenvalue weighted by Crippen LogP contribution is 2.11. The van der Waals surface area contributed by atoms with Gasteiger partial charge >= 0.3 is 0 Å². The van der Waals surface area contributed by atoms with E-state index in [1.54, 1.807) is 0 Å². The Morgan fingerprint density at radius 1 is 0.684 bits per heavy atom. The molecule has 0 heterocycles. The normalized spacial score (nSPS) is 10.7. The molecule has 0 amide bonds. The Hall–Kier alpha value is 1.21. The van der Waals surface area contributed by atoms with Crippen molar-refractivity contribution in [2.24, 2.45) is 0 Å². The zero-order chi connectivity index (χ0) is 13.1. The second kappa shape index (κ2) is 17.3. The second-order valence-corrected chi connectivity index (χ2v) is 5.90. The van der Waals surface area contributed by atoms with Gasteiger partial charge in [0.05, 0.1) is 0 Å². The van der Waals surface area contributed by atoms with Crippen LogP contribution in [0, 0.1) is 0 Å². The summed E-state index contributed by atoms with van der Waals surface area (Å²) in [5, 5.41) is 0. The van der Waals surface area contributed by atoms with Crippen LogP contribution in [0.1, 0.15) is 86.0 Å². The quantitative estimate of drug-likeness (QED) is 0.355. The van der Waals surface area contributed by atoms with Crippen molar-refractivity contribution >= 4 is 40.0 Å². The van der Waals surface area contributed by atoms with Gasteiger partial charge in [-0.3, -0.25) is 4.90 Å². The van der Waals surface area contributed by atoms with Crippen LogP contribution in [-0.2, 0) is 0 Å². The van der Waals surface area contributed by atoms with E-state index < -0.39 is 0 Å². The second-order valence-electron chi connectivity index (χ2n) is 5.90. The summed E-state index contributed by atoms with van der Waals surface area (Å²) in [5.74, 6) is 0. The van der Waals surface area contributed by atoms with Crippen LogP contribution in [0.25, 0.3) is 0 Å². The molecule has 0 fully saturated rings. The zero-order valence-corrected chi connectivity index (χ0v) is 17.2. The van der Waals surface area contributed by atoms with Gasteiger partial charge in [-0.1, -0.05) is 51.9 Å². The van der Waals surface area contributed by atoms with Gasteiger partial charge in [0.2, 0.25) is 0 Å². The maximum atomic E-state index is 2.61. The molecule has 19 heavy (non-hydrogen) atoms. The summed E-state index contributed by atoms with van der Waals surface area (Å²) in [7, 11) is 0. The van der Waals surface area contributed by atoms with Crippen LogP contribution in [-0.4, -0.2) is 46.6 Å². The van der Waals surface area contributed by atoms with Gasteiger partial charge in [-0.05, 0) is 40.7 Å². The van der Waals surface area contributed by atoms with Crippen LogP contribution in [0.5, 0.6) is 0 Å². The summed E-state index contributed by atoms with van der Waals surface area (Å²) in [6, 6.07) is 1.39. The molecular weight excluding hydrogens is 310 g/mol. The summed E-state index contributed by atoms with van der Waals surface area (Å²) in [4.78, 5) is 2.61. The first-order valence-electron chi connectivity index (χ1n) is 7.85. The summed E-state index contributed by atoms with van der Waals surface area (Å²) < 4.78 is 0. The van der Waals surface area contributed by atoms with Crippen molar-refractivity contribution in [3.05, 3.63) is 0 Å². The maximum Gasteiger partial charge on any atom is 0.00412 e. The Kier molecular flexibility index (Phi) is 22.9. The molecule has 0 rings (SSSR count). The molecular formula is C16H36BrMgN. The minimum absolute atomic E-state index is 0. The van der Waals surface area contributed by atoms with E-state index in [1.165, 1.54) is 57.9 Å². The largest absolute Gasteiger partial charge is 0.299 e. The van der Waals surface area contributed by atoms with Crippen molar-refractivity contribution in [1.29, 1.82) is 0 Å². The molecule has 0 aromatic carbocycles. The smallest absolute Gasteiger partial charge is 0.00412 e. The number of hydrogen-bond donors (Lipinski definition) is 0. The maximum absolute atomic E-state index is 2.61. The van der Waals surface area contributed by atoms with E-state index in [0.29, 0.717) is 12.1 Å². The average Bonchev–Trinajstić information content (AvgIpc) is 2.26. The lowest BCUT2D eigenvalue weighted by Gasteiger charge is -2.30. The van der Waals surface area contributed by atoms with Crippen molar-refractivity contribution in [2.45, 2.75) is 98.1 Å². The SMILES string of the molecule is Br.CCCCCCCCCCN(C(C)C)C(C)C.[Mg]. The topological polar surface area (TPSA) is 3.24 Å². The molecule has 0 N–H and O–H groups in total. The van der Waals surface area contributed by atoms with Crippen LogP contribution in [0.3, 0.4) is 0 Å². The van der Waals surface area contributed by atoms with Gasteiger partial charge in [-0.15, -0.1) is 17.0 Å². The molecule has 0 atom stereocenters. The van der Waals surface area contributed by atoms with Gasteiger partial charge in [0, 0.05) is 35.1 Å². The summed E-state index contributed by atoms with van der Waals surface area (Å²) in [5.41, 5.74) is 0. The number of hydrogen-bond acceptors (Lipinski definition) is 1. The Balaban J connectivity index is -0.00000128. The van der Waals surface area contributed by atoms with Crippen LogP contribution in [0.4, 0.5) is 0 Å². The highest BCUT2D eigenvalue weighted by Gasteiger charge is 2.11. The molecule has 0 aliphatic rings. The van der Waals surface area contributed by atoms with Crippen LogP contribution < -0.4 is 0 Å². The van der Waals surface area contributed by atoms with E-state index >= 15 is 0 Å². The van der Waals surface area contributed by atoms with Gasteiger partial charge in [0.1, 0.15) is 0 Å². The summed E-state index contributed by atoms with van der Waals surface area (Å²) in [6.45, 7) is 12.8. The summed E-state index contributed by atoms with van der Waals surface area (Å²) >= 11 is 0. The van der Waals surface area contributed by atoms with Gasteiger partial charge in [-0.2, -0.15) is 0 Å². The average molecular weight is 347 g/mol. The summed E-state index contributed by atoms with van der Waals surface area (Å²) in [6.07, 6.45) is 11.4. The fourth-order valence-corrected chi connectivity index (χ4v) is 2.54. The van der Waals surface area contributed by atoms with E-state index in [-0.39, 0.29) is 40.0 Å². The van der Waals surface area contributed by atoms with E-state index in [9.17, 15) is 0 Å². The molecule has 3 heteroatoms. The highest BCUT2D eigenvalue weighted by atomic mass is 79.9. The van der Waals surface area contributed by atoms with E-state index in [2.05, 4.69) is 39.5 Å². The Bertz CT molecular complexity index is 155. The molecule has 0 aromatic rings. The van der Waals surface area contributed by atoms with Crippen LogP contribution in [0.2, 0.25) is 0 Å². The first-order valence-corrected chi connectivity index (χ1v) is 7.85. The van der Waals surface area contributed by atoms with Crippen molar-refractivity contribution in [3.8, 4) is 0 Å². The Labute approximate surface area is 149 Å². The van der Waals surface area contributed by atoms with E-state index in [0.717, 1.165) is 0 Å². The molecule has 0 aliphatic carbocycles. The predicted molar refractivity (Wildman–Crippen MR) is 95.7 cm³/mol. The van der Waals surface area contributed by atoms with Crippen molar-refractivity contribution in [1.82, 2.24) is 4.90 Å². The van der Waals surface area contributed by atoms with E-state index in [1.807, 2.05) is 0 Å². The van der Waals surface area contributed by atoms with Gasteiger partial charge in [0.15, 0.2) is 0 Å². The lowest BCUT2D eigenvalue weighted by molar-refractivity contribution is 0.171. The standard InChI is InChI=1S/C16H35N.BrH.Mg/c1-6-7-8-9-10-11-12-13-14-17(15(2)3)16(4)5;;/h15-16H,6-14H2,1-5H3;1H;. The number of rotatable bonds is 11. The number of halogens is 1. The lowest BCUT2D eigenvalue weighted by atomic mass is 10.1. The van der Waals surface area contributed by atoms with Crippen molar-refractivity contribution in [2.75, 3.05) is 6.54 Å². The molecule has 114 valence electrons. The van der Waals surface area contributed by atoms with Gasteiger partial charge in [0.25, 0.3) is 0 Å². The third-order valence-corrected chi connectivity index (χ3v) is 3.60. The minimum Gasteiger partial charge on any atom is -0.299 e. The Morgan fingerprint density at radius 3 is 1.42 bits per heavy atom. The first-order chi connectivity index (χ1) is 8.09. The molecule has 0 saturated heterocycles. The molecule has 0 bridgehead atoms. The third kappa shape index (κ3) is 15.4. The minimum atomic E-state index is 0. The Morgan fingerprint density at radius 2 is 1.05 bits per heavy atom. The molecule has 1 nitrogen and oxygen atoms in total. The molecule has 0 aromatic heterocycles. The van der Waals surface area contributed by atoms with E-state index in [4.69, 9.17) is 0 Å². The fraction of sp³-hybridized carbons (Fsp3) is 1.00. The first kappa shape index (κ1) is 25.2. The highest BCUT2D eigenvalue weighted by molar-refractivity contribution is 8.93. The van der Waals surface area contributed by atoms with Crippen molar-refractivity contribution < 1.29 is 0 Å². The van der Waals surface area contributed by atoms with Gasteiger partial charge in [-0.25, -0.2) is 0 Å². The predicted octanol–water partition coefficient (Wildman–Crippen LogP) is 5.44. The third-order valence-electron chi connectivity index (χ3n) is 3.60.